The van der Waals surface area contributed by atoms with Gasteiger partial charge < -0.3 is 15.9 Å². The fourth-order valence-electron chi connectivity index (χ4n) is 1.35. The summed E-state index contributed by atoms with van der Waals surface area (Å²) in [5, 5.41) is 7.57. The molecule has 2 rings (SSSR count). The van der Waals surface area contributed by atoms with Crippen LogP contribution in [0.4, 0.5) is 0 Å². The first kappa shape index (κ1) is 11.5. The molecule has 2 aromatic heterocycles. The Morgan fingerprint density at radius 1 is 1.47 bits per heavy atom. The Hall–Kier alpha value is -2.02. The SMILES string of the molecule is N=C(N=C(N)N)SCc1cn2ccccc2n1. The summed E-state index contributed by atoms with van der Waals surface area (Å²) < 4.78 is 1.93. The first-order valence-corrected chi connectivity index (χ1v) is 5.87. The van der Waals surface area contributed by atoms with Crippen LogP contribution in [0.25, 0.3) is 5.65 Å². The Kier molecular flexibility index (Phi) is 3.29. The van der Waals surface area contributed by atoms with E-state index in [1.807, 2.05) is 35.0 Å². The first-order chi connectivity index (χ1) is 8.15. The molecule has 0 saturated carbocycles. The Morgan fingerprint density at radius 3 is 3.00 bits per heavy atom. The van der Waals surface area contributed by atoms with Gasteiger partial charge in [-0.1, -0.05) is 17.8 Å². The zero-order valence-corrected chi connectivity index (χ0v) is 9.81. The maximum Gasteiger partial charge on any atom is 0.193 e. The van der Waals surface area contributed by atoms with Crippen LogP contribution in [0.1, 0.15) is 5.69 Å². The molecule has 17 heavy (non-hydrogen) atoms. The van der Waals surface area contributed by atoms with Gasteiger partial charge in [-0.3, -0.25) is 5.41 Å². The Morgan fingerprint density at radius 2 is 2.29 bits per heavy atom. The summed E-state index contributed by atoms with van der Waals surface area (Å²) in [7, 11) is 0. The zero-order chi connectivity index (χ0) is 12.3. The van der Waals surface area contributed by atoms with Gasteiger partial charge in [0.1, 0.15) is 5.65 Å². The number of hydrogen-bond acceptors (Lipinski definition) is 3. The van der Waals surface area contributed by atoms with Crippen LogP contribution in [-0.2, 0) is 5.75 Å². The predicted octanol–water partition coefficient (Wildman–Crippen LogP) is 0.776. The fourth-order valence-corrected chi connectivity index (χ4v) is 1.94. The topological polar surface area (TPSA) is 106 Å². The molecule has 5 N–H and O–H groups in total. The molecule has 0 fully saturated rings. The van der Waals surface area contributed by atoms with Crippen LogP contribution in [0, 0.1) is 5.41 Å². The van der Waals surface area contributed by atoms with Crippen LogP contribution in [0.3, 0.4) is 0 Å². The van der Waals surface area contributed by atoms with Gasteiger partial charge in [0.2, 0.25) is 0 Å². The predicted molar refractivity (Wildman–Crippen MR) is 70.0 cm³/mol. The monoisotopic (exact) mass is 248 g/mol. The van der Waals surface area contributed by atoms with E-state index < -0.39 is 0 Å². The standard InChI is InChI=1S/C10H12N6S/c11-9(12)15-10(13)17-6-7-5-16-4-2-1-3-8(16)14-7/h1-5H,6H2,(H5,11,12,13,15). The van der Waals surface area contributed by atoms with Crippen LogP contribution in [0.5, 0.6) is 0 Å². The number of aliphatic imine (C=N–C) groups is 1. The number of aromatic nitrogens is 2. The number of hydrogen-bond donors (Lipinski definition) is 3. The maximum atomic E-state index is 7.48. The molecular formula is C10H12N6S. The lowest BCUT2D eigenvalue weighted by molar-refractivity contribution is 1.18. The van der Waals surface area contributed by atoms with Crippen molar-refractivity contribution >= 4 is 28.5 Å². The van der Waals surface area contributed by atoms with Crippen molar-refractivity contribution in [2.24, 2.45) is 16.5 Å². The molecular weight excluding hydrogens is 236 g/mol. The molecule has 0 saturated heterocycles. The third-order valence-electron chi connectivity index (χ3n) is 2.00. The second kappa shape index (κ2) is 4.88. The van der Waals surface area contributed by atoms with Gasteiger partial charge in [-0.25, -0.2) is 4.98 Å². The number of nitrogens with zero attached hydrogens (tertiary/aromatic N) is 3. The fraction of sp³-hybridized carbons (Fsp3) is 0.100. The molecule has 0 bridgehead atoms. The van der Waals surface area contributed by atoms with Gasteiger partial charge in [0, 0.05) is 18.1 Å². The summed E-state index contributed by atoms with van der Waals surface area (Å²) in [6.07, 6.45) is 3.85. The smallest absolute Gasteiger partial charge is 0.193 e. The Bertz CT molecular complexity index is 536. The summed E-state index contributed by atoms with van der Waals surface area (Å²) >= 11 is 1.23. The molecule has 0 aliphatic rings. The zero-order valence-electron chi connectivity index (χ0n) is 9.00. The number of fused-ring (bicyclic) bond motifs is 1. The van der Waals surface area contributed by atoms with Crippen molar-refractivity contribution in [3.8, 4) is 0 Å². The maximum absolute atomic E-state index is 7.48. The van der Waals surface area contributed by atoms with E-state index in [9.17, 15) is 0 Å². The molecule has 0 aliphatic heterocycles. The van der Waals surface area contributed by atoms with E-state index in [0.717, 1.165) is 11.3 Å². The molecule has 7 heteroatoms. The third-order valence-corrected chi connectivity index (χ3v) is 2.81. The third kappa shape index (κ3) is 2.97. The number of amidine groups is 1. The number of pyridine rings is 1. The summed E-state index contributed by atoms with van der Waals surface area (Å²) in [5.41, 5.74) is 12.1. The second-order valence-corrected chi connectivity index (χ2v) is 4.29. The van der Waals surface area contributed by atoms with Crippen LogP contribution < -0.4 is 11.5 Å². The van der Waals surface area contributed by atoms with E-state index in [1.54, 1.807) is 0 Å². The molecule has 0 aromatic carbocycles. The quantitative estimate of drug-likeness (QED) is 0.539. The van der Waals surface area contributed by atoms with E-state index in [4.69, 9.17) is 16.9 Å². The average molecular weight is 248 g/mol. The van der Waals surface area contributed by atoms with Gasteiger partial charge in [0.25, 0.3) is 0 Å². The summed E-state index contributed by atoms with van der Waals surface area (Å²) in [6, 6.07) is 5.79. The van der Waals surface area contributed by atoms with E-state index in [-0.39, 0.29) is 11.1 Å². The summed E-state index contributed by atoms with van der Waals surface area (Å²) in [4.78, 5) is 8.03. The molecule has 0 unspecified atom stereocenters. The lowest BCUT2D eigenvalue weighted by Crippen LogP contribution is -2.23. The molecule has 0 radical (unpaired) electrons. The summed E-state index contributed by atoms with van der Waals surface area (Å²) in [5.74, 6) is 0.467. The minimum atomic E-state index is -0.0995. The van der Waals surface area contributed by atoms with Crippen LogP contribution >= 0.6 is 11.8 Å². The molecule has 0 aliphatic carbocycles. The van der Waals surface area contributed by atoms with E-state index in [1.165, 1.54) is 11.8 Å². The van der Waals surface area contributed by atoms with Crippen molar-refractivity contribution < 1.29 is 0 Å². The highest BCUT2D eigenvalue weighted by molar-refractivity contribution is 8.13. The first-order valence-electron chi connectivity index (χ1n) is 4.89. The summed E-state index contributed by atoms with van der Waals surface area (Å²) in [6.45, 7) is 0. The van der Waals surface area contributed by atoms with Gasteiger partial charge in [-0.2, -0.15) is 4.99 Å². The van der Waals surface area contributed by atoms with Crippen LogP contribution in [-0.4, -0.2) is 20.5 Å². The normalized spacial score (nSPS) is 10.4. The molecule has 2 heterocycles. The number of rotatable bonds is 2. The molecule has 2 aromatic rings. The van der Waals surface area contributed by atoms with Crippen molar-refractivity contribution in [2.45, 2.75) is 5.75 Å². The molecule has 88 valence electrons. The molecule has 0 amide bonds. The lowest BCUT2D eigenvalue weighted by Gasteiger charge is -1.95. The van der Waals surface area contributed by atoms with Gasteiger partial charge >= 0.3 is 0 Å². The minimum absolute atomic E-state index is 0.0852. The molecule has 6 nitrogen and oxygen atoms in total. The number of nitrogens with two attached hydrogens (primary N) is 2. The lowest BCUT2D eigenvalue weighted by atomic mass is 10.5. The highest BCUT2D eigenvalue weighted by Crippen LogP contribution is 2.14. The van der Waals surface area contributed by atoms with Gasteiger partial charge in [-0.15, -0.1) is 0 Å². The second-order valence-electron chi connectivity index (χ2n) is 3.33. The molecule has 0 atom stereocenters. The van der Waals surface area contributed by atoms with E-state index in [2.05, 4.69) is 9.98 Å². The van der Waals surface area contributed by atoms with Gasteiger partial charge in [0.15, 0.2) is 11.1 Å². The van der Waals surface area contributed by atoms with E-state index >= 15 is 0 Å². The number of guanidine groups is 1. The Labute approximate surface area is 102 Å². The van der Waals surface area contributed by atoms with E-state index in [0.29, 0.717) is 5.75 Å². The van der Waals surface area contributed by atoms with Crippen molar-refractivity contribution in [2.75, 3.05) is 0 Å². The molecule has 0 spiro atoms. The van der Waals surface area contributed by atoms with Crippen molar-refractivity contribution in [1.29, 1.82) is 5.41 Å². The van der Waals surface area contributed by atoms with Crippen LogP contribution in [0.15, 0.2) is 35.6 Å². The largest absolute Gasteiger partial charge is 0.370 e. The number of nitrogens with one attached hydrogen (secondary N) is 1. The highest BCUT2D eigenvalue weighted by atomic mass is 32.2. The van der Waals surface area contributed by atoms with Gasteiger partial charge in [-0.05, 0) is 12.1 Å². The van der Waals surface area contributed by atoms with Crippen molar-refractivity contribution in [3.63, 3.8) is 0 Å². The Balaban J connectivity index is 2.04. The minimum Gasteiger partial charge on any atom is -0.370 e. The number of thioether (sulfide) groups is 1. The van der Waals surface area contributed by atoms with Crippen molar-refractivity contribution in [1.82, 2.24) is 9.38 Å². The average Bonchev–Trinajstić information content (AvgIpc) is 2.68. The number of imidazole rings is 1. The van der Waals surface area contributed by atoms with Crippen molar-refractivity contribution in [3.05, 3.63) is 36.3 Å². The highest BCUT2D eigenvalue weighted by Gasteiger charge is 2.03. The van der Waals surface area contributed by atoms with Crippen LogP contribution in [0.2, 0.25) is 0 Å². The van der Waals surface area contributed by atoms with Gasteiger partial charge in [0.05, 0.1) is 5.69 Å².